The molecule has 14 aromatic rings. The highest BCUT2D eigenvalue weighted by atomic mass is 35.5. The Bertz CT molecular complexity index is 4940. The lowest BCUT2D eigenvalue weighted by Crippen LogP contribution is -2.24. The molecule has 19 nitrogen and oxygen atoms in total. The summed E-state index contributed by atoms with van der Waals surface area (Å²) in [5.41, 5.74) is 47.6. The number of anilines is 7. The average molecular weight is 1470 g/mol. The molecular formula is C72H80Cl7N15O4. The van der Waals surface area contributed by atoms with Gasteiger partial charge in [-0.05, 0) is 98.3 Å². The fourth-order valence-electron chi connectivity index (χ4n) is 12.0. The van der Waals surface area contributed by atoms with Gasteiger partial charge in [-0.1, -0.05) is 124 Å². The maximum absolute atomic E-state index is 9.53. The lowest BCUT2D eigenvalue weighted by atomic mass is 10.2. The fourth-order valence-corrected chi connectivity index (χ4v) is 14.2. The van der Waals surface area contributed by atoms with Crippen molar-refractivity contribution in [3.8, 4) is 0 Å². The van der Waals surface area contributed by atoms with Crippen molar-refractivity contribution in [2.24, 2.45) is 12.8 Å². The normalized spacial score (nSPS) is 11.5. The molecule has 18 N–H and O–H groups in total. The Morgan fingerprint density at radius 3 is 1.07 bits per heavy atom. The van der Waals surface area contributed by atoms with Gasteiger partial charge in [-0.2, -0.15) is 0 Å². The molecule has 14 rings (SSSR count). The number of nitrogens with zero attached hydrogens (tertiary/aromatic N) is 7. The lowest BCUT2D eigenvalue weighted by Gasteiger charge is -2.10. The van der Waals surface area contributed by atoms with Gasteiger partial charge in [-0.25, -0.2) is 0 Å². The summed E-state index contributed by atoms with van der Waals surface area (Å²) < 4.78 is 14.1. The van der Waals surface area contributed by atoms with Gasteiger partial charge in [0.25, 0.3) is 0 Å². The highest BCUT2D eigenvalue weighted by Gasteiger charge is 2.16. The van der Waals surface area contributed by atoms with E-state index in [1.807, 2.05) is 179 Å². The van der Waals surface area contributed by atoms with Crippen molar-refractivity contribution in [2.75, 3.05) is 79.3 Å². The minimum atomic E-state index is -0.576. The minimum absolute atomic E-state index is 0.0748. The molecule has 0 saturated heterocycles. The van der Waals surface area contributed by atoms with Gasteiger partial charge < -0.3 is 97.4 Å². The van der Waals surface area contributed by atoms with Crippen LogP contribution in [0.2, 0.25) is 35.2 Å². The molecular weight excluding hydrogens is 1390 g/mol. The Balaban J connectivity index is 0.000000140. The number of fused-ring (bicyclic) bond motifs is 7. The molecule has 1 atom stereocenters. The van der Waals surface area contributed by atoms with Gasteiger partial charge in [-0.3, -0.25) is 0 Å². The van der Waals surface area contributed by atoms with Crippen LogP contribution in [0.25, 0.3) is 76.3 Å². The highest BCUT2D eigenvalue weighted by molar-refractivity contribution is 6.39. The maximum atomic E-state index is 9.53. The first-order chi connectivity index (χ1) is 47.2. The van der Waals surface area contributed by atoms with Crippen LogP contribution in [-0.2, 0) is 46.3 Å². The van der Waals surface area contributed by atoms with Crippen LogP contribution in [0.15, 0.2) is 171 Å². The van der Waals surface area contributed by atoms with E-state index in [0.717, 1.165) is 129 Å². The number of halogens is 7. The predicted octanol–water partition coefficient (Wildman–Crippen LogP) is 15.7. The summed E-state index contributed by atoms with van der Waals surface area (Å²) in [5, 5.41) is 53.8. The molecule has 7 aromatic carbocycles. The third-order valence-corrected chi connectivity index (χ3v) is 18.5. The molecule has 0 bridgehead atoms. The quantitative estimate of drug-likeness (QED) is 0.0402. The van der Waals surface area contributed by atoms with Crippen molar-refractivity contribution in [1.29, 1.82) is 0 Å². The van der Waals surface area contributed by atoms with Crippen molar-refractivity contribution in [1.82, 2.24) is 32.0 Å². The predicted molar refractivity (Wildman–Crippen MR) is 416 cm³/mol. The van der Waals surface area contributed by atoms with Crippen molar-refractivity contribution >= 4 is 197 Å². The molecule has 0 aliphatic rings. The van der Waals surface area contributed by atoms with Crippen LogP contribution in [0.5, 0.6) is 0 Å². The molecule has 0 aliphatic heterocycles. The van der Waals surface area contributed by atoms with Crippen molar-refractivity contribution in [2.45, 2.75) is 58.7 Å². The number of rotatable bonds is 16. The first kappa shape index (κ1) is 74.0. The summed E-state index contributed by atoms with van der Waals surface area (Å²) in [6.45, 7) is 7.10. The van der Waals surface area contributed by atoms with Gasteiger partial charge >= 0.3 is 0 Å². The van der Waals surface area contributed by atoms with Crippen LogP contribution in [0.3, 0.4) is 0 Å². The Kier molecular flexibility index (Phi) is 25.7. The molecule has 98 heavy (non-hydrogen) atoms. The van der Waals surface area contributed by atoms with Crippen LogP contribution >= 0.6 is 81.2 Å². The highest BCUT2D eigenvalue weighted by Crippen LogP contribution is 2.37. The van der Waals surface area contributed by atoms with Gasteiger partial charge in [0, 0.05) is 187 Å². The molecule has 0 saturated carbocycles. The fraction of sp³-hybridized carbons (Fsp3) is 0.222. The number of nitrogens with two attached hydrogens (primary N) is 6. The van der Waals surface area contributed by atoms with Crippen LogP contribution in [0.4, 0.5) is 39.8 Å². The van der Waals surface area contributed by atoms with E-state index in [1.54, 1.807) is 18.5 Å². The molecule has 0 spiro atoms. The zero-order valence-electron chi connectivity index (χ0n) is 54.3. The Morgan fingerprint density at radius 1 is 0.388 bits per heavy atom. The van der Waals surface area contributed by atoms with Crippen LogP contribution in [0, 0.1) is 0 Å². The number of hydrogen-bond donors (Lipinski definition) is 12. The van der Waals surface area contributed by atoms with E-state index in [2.05, 4.69) is 37.3 Å². The van der Waals surface area contributed by atoms with E-state index in [9.17, 15) is 5.11 Å². The Hall–Kier alpha value is -8.25. The molecule has 0 fully saturated rings. The second-order valence-corrected chi connectivity index (χ2v) is 25.7. The van der Waals surface area contributed by atoms with Gasteiger partial charge in [-0.15, -0.1) is 0 Å². The van der Waals surface area contributed by atoms with E-state index < -0.39 is 6.10 Å². The number of aliphatic hydroxyl groups excluding tert-OH is 4. The van der Waals surface area contributed by atoms with E-state index in [-0.39, 0.29) is 26.4 Å². The van der Waals surface area contributed by atoms with Crippen molar-refractivity contribution in [3.63, 3.8) is 0 Å². The van der Waals surface area contributed by atoms with Gasteiger partial charge in [0.2, 0.25) is 0 Å². The average Bonchev–Trinajstić information content (AvgIpc) is 2.02. The third kappa shape index (κ3) is 16.6. The maximum Gasteiger partial charge on any atom is 0.0841 e. The van der Waals surface area contributed by atoms with Crippen LogP contribution in [0.1, 0.15) is 13.3 Å². The summed E-state index contributed by atoms with van der Waals surface area (Å²) in [4.78, 5) is 0. The van der Waals surface area contributed by atoms with E-state index in [4.69, 9.17) is 131 Å². The number of nitrogen functional groups attached to an aromatic ring is 5. The van der Waals surface area contributed by atoms with Gasteiger partial charge in [0.05, 0.1) is 99.7 Å². The first-order valence-corrected chi connectivity index (χ1v) is 34.1. The SMILES string of the molecule is CCn1cc(Cl)c2c(N)cccc21.CNc1cccc2c1c(Cl)cn2C.NCC(O)Cn1cc(Cl)c2c(N)cccc21.Nc1cccc2c1c(Cl)cn2CCCn1cc(Cl)c2c(N)cccc21.Nc1cccc2c1c(Cl)cn2CCO.OCCNc1cccc2c1c(Cl)cn2CCO. The standard InChI is InChI=1S/C19H18Cl2N4.C12H15ClN2O2.C11H14ClN3O.C10H11ClN2O.2C10H11ClN2/c20-12-10-24(16-6-1-4-14(22)18(12)16)8-3-9-25-11-13(21)19-15(23)5-2-7-17(19)25;13-9-8-15(5-7-17)11-3-1-2-10(12(9)11)14-4-6-16;12-8-6-15(5-7(16)4-13)10-3-1-2-9(14)11(8)10;11-7-6-13(4-5-14)9-3-1-2-8(12)10(7)9;1-12-8-4-3-5-9-10(8)7(11)6-13(9)2;1-2-13-6-7(11)10-8(12)4-3-5-9(10)13/h1-2,4-7,10-11H,3,8-9,22-23H2;1-3,8,14,16-17H,4-7H2;1-3,6-7,16H,4-5,13-14H2;1-3,6,14H,4-5,12H2;3-6,12H,1-2H3;3-6H,2,12H2,1H3. The summed E-state index contributed by atoms with van der Waals surface area (Å²) in [6.07, 6.45) is 13.5. The zero-order valence-corrected chi connectivity index (χ0v) is 59.5. The Morgan fingerprint density at radius 2 is 0.694 bits per heavy atom. The van der Waals surface area contributed by atoms with E-state index in [1.165, 1.54) is 0 Å². The smallest absolute Gasteiger partial charge is 0.0841 e. The Labute approximate surface area is 602 Å². The second kappa shape index (κ2) is 34.0. The van der Waals surface area contributed by atoms with E-state index >= 15 is 0 Å². The third-order valence-electron chi connectivity index (χ3n) is 16.5. The summed E-state index contributed by atoms with van der Waals surface area (Å²) >= 11 is 43.2. The first-order valence-electron chi connectivity index (χ1n) is 31.5. The number of aryl methyl sites for hydroxylation is 4. The summed E-state index contributed by atoms with van der Waals surface area (Å²) in [6, 6.07) is 40.7. The number of nitrogens with one attached hydrogen (secondary N) is 2. The lowest BCUT2D eigenvalue weighted by molar-refractivity contribution is 0.164. The number of aliphatic hydroxyl groups is 4. The molecule has 7 heterocycles. The number of benzene rings is 7. The summed E-state index contributed by atoms with van der Waals surface area (Å²) in [5.74, 6) is 0. The second-order valence-electron chi connectivity index (χ2n) is 22.9. The molecule has 0 amide bonds. The molecule has 516 valence electrons. The zero-order chi connectivity index (χ0) is 70.5. The van der Waals surface area contributed by atoms with Crippen LogP contribution < -0.4 is 45.0 Å². The molecule has 0 radical (unpaired) electrons. The molecule has 1 unspecified atom stereocenters. The molecule has 7 aromatic heterocycles. The molecule has 0 aliphatic carbocycles. The monoisotopic (exact) mass is 1460 g/mol. The van der Waals surface area contributed by atoms with E-state index in [0.29, 0.717) is 74.0 Å². The van der Waals surface area contributed by atoms with Crippen LogP contribution in [-0.4, -0.2) is 98.5 Å². The van der Waals surface area contributed by atoms with Gasteiger partial charge in [0.1, 0.15) is 0 Å². The van der Waals surface area contributed by atoms with Crippen molar-refractivity contribution in [3.05, 3.63) is 206 Å². The molecule has 26 heteroatoms. The topological polar surface area (TPSA) is 296 Å². The van der Waals surface area contributed by atoms with Gasteiger partial charge in [0.15, 0.2) is 0 Å². The largest absolute Gasteiger partial charge is 0.398 e. The number of hydrogen-bond acceptors (Lipinski definition) is 12. The van der Waals surface area contributed by atoms with Crippen molar-refractivity contribution < 1.29 is 20.4 Å². The minimum Gasteiger partial charge on any atom is -0.398 e. The summed E-state index contributed by atoms with van der Waals surface area (Å²) in [7, 11) is 3.89. The number of aromatic nitrogens is 7.